The first kappa shape index (κ1) is 18.7. The van der Waals surface area contributed by atoms with Gasteiger partial charge in [-0.05, 0) is 35.9 Å². The molecular weight excluding hydrogens is 370 g/mol. The molecule has 1 amide bonds. The molecule has 3 aromatic rings. The Balaban J connectivity index is 1.43. The summed E-state index contributed by atoms with van der Waals surface area (Å²) in [4.78, 5) is 31.1. The van der Waals surface area contributed by atoms with Gasteiger partial charge < -0.3 is 9.88 Å². The molecule has 2 N–H and O–H groups in total. The number of H-pyrrole nitrogens is 1. The van der Waals surface area contributed by atoms with E-state index in [1.807, 2.05) is 34.5 Å². The van der Waals surface area contributed by atoms with Crippen LogP contribution in [0.2, 0.25) is 0 Å². The van der Waals surface area contributed by atoms with Crippen LogP contribution in [0.15, 0.2) is 60.1 Å². The fourth-order valence-electron chi connectivity index (χ4n) is 3.55. The minimum atomic E-state index is -0.0331. The normalized spacial score (nSPS) is 14.9. The maximum Gasteiger partial charge on any atom is 0.270 e. The number of rotatable bonds is 7. The van der Waals surface area contributed by atoms with Gasteiger partial charge in [0.05, 0.1) is 12.6 Å². The maximum absolute atomic E-state index is 12.7. The van der Waals surface area contributed by atoms with Gasteiger partial charge in [0.2, 0.25) is 0 Å². The number of nitrogens with zero attached hydrogens (tertiary/aromatic N) is 1. The molecule has 2 aromatic heterocycles. The third-order valence-electron chi connectivity index (χ3n) is 5.06. The van der Waals surface area contributed by atoms with Gasteiger partial charge in [0.1, 0.15) is 5.69 Å². The van der Waals surface area contributed by atoms with E-state index in [0.717, 1.165) is 36.4 Å². The van der Waals surface area contributed by atoms with Crippen molar-refractivity contribution in [2.24, 2.45) is 0 Å². The minimum absolute atomic E-state index is 0.0229. The summed E-state index contributed by atoms with van der Waals surface area (Å²) in [6.45, 7) is 1.79. The lowest BCUT2D eigenvalue weighted by atomic mass is 10.0. The molecule has 0 unspecified atom stereocenters. The van der Waals surface area contributed by atoms with E-state index in [4.69, 9.17) is 0 Å². The molecule has 1 aliphatic heterocycles. The van der Waals surface area contributed by atoms with E-state index in [0.29, 0.717) is 11.3 Å². The summed E-state index contributed by atoms with van der Waals surface area (Å²) in [6, 6.07) is 15.8. The molecule has 28 heavy (non-hydrogen) atoms. The number of thiophene rings is 1. The third kappa shape index (κ3) is 4.08. The van der Waals surface area contributed by atoms with Crippen LogP contribution in [0.4, 0.5) is 0 Å². The number of carbonyl (C=O) groups excluding carboxylic acids is 2. The summed E-state index contributed by atoms with van der Waals surface area (Å²) in [5.41, 5.74) is 2.15. The zero-order valence-electron chi connectivity index (χ0n) is 15.6. The highest BCUT2D eigenvalue weighted by Crippen LogP contribution is 2.26. The van der Waals surface area contributed by atoms with E-state index in [9.17, 15) is 9.59 Å². The van der Waals surface area contributed by atoms with Crippen molar-refractivity contribution >= 4 is 23.0 Å². The number of aromatic nitrogens is 1. The second-order valence-electron chi connectivity index (χ2n) is 6.96. The van der Waals surface area contributed by atoms with Crippen molar-refractivity contribution in [1.82, 2.24) is 15.2 Å². The van der Waals surface area contributed by atoms with Gasteiger partial charge in [0.25, 0.3) is 5.91 Å². The molecule has 5 nitrogen and oxygen atoms in total. The Morgan fingerprint density at radius 3 is 2.61 bits per heavy atom. The largest absolute Gasteiger partial charge is 0.356 e. The average Bonchev–Trinajstić information content (AvgIpc) is 3.51. The van der Waals surface area contributed by atoms with Gasteiger partial charge in [-0.2, -0.15) is 0 Å². The van der Waals surface area contributed by atoms with Gasteiger partial charge in [-0.1, -0.05) is 36.4 Å². The van der Waals surface area contributed by atoms with Crippen LogP contribution in [0.25, 0.3) is 0 Å². The van der Waals surface area contributed by atoms with E-state index in [1.165, 1.54) is 0 Å². The van der Waals surface area contributed by atoms with Crippen molar-refractivity contribution in [3.05, 3.63) is 81.8 Å². The van der Waals surface area contributed by atoms with E-state index >= 15 is 0 Å². The highest BCUT2D eigenvalue weighted by molar-refractivity contribution is 7.10. The first-order chi connectivity index (χ1) is 13.7. The van der Waals surface area contributed by atoms with Gasteiger partial charge in [-0.3, -0.25) is 14.9 Å². The third-order valence-corrected chi connectivity index (χ3v) is 5.99. The molecule has 1 aliphatic rings. The summed E-state index contributed by atoms with van der Waals surface area (Å²) in [5, 5.41) is 5.42. The zero-order chi connectivity index (χ0) is 19.3. The van der Waals surface area contributed by atoms with Crippen LogP contribution in [-0.2, 0) is 0 Å². The topological polar surface area (TPSA) is 65.2 Å². The molecule has 0 bridgehead atoms. The second-order valence-corrected chi connectivity index (χ2v) is 7.94. The van der Waals surface area contributed by atoms with Crippen molar-refractivity contribution in [3.8, 4) is 0 Å². The Kier molecular flexibility index (Phi) is 5.69. The standard InChI is InChI=1S/C22H23N3O2S/c26-19(17-13-18(23-14-17)22(27)25-10-4-5-11-25)15-24-21(20-9-6-12-28-20)16-7-2-1-3-8-16/h1-3,6-9,12-14,21,23-24H,4-5,10-11,15H2/t21-/m1/s1. The van der Waals surface area contributed by atoms with Crippen LogP contribution in [0.3, 0.4) is 0 Å². The molecule has 6 heteroatoms. The number of ketones is 1. The van der Waals surface area contributed by atoms with E-state index in [1.54, 1.807) is 23.6 Å². The molecule has 1 saturated heterocycles. The monoisotopic (exact) mass is 393 g/mol. The van der Waals surface area contributed by atoms with E-state index in [-0.39, 0.29) is 24.3 Å². The number of hydrogen-bond donors (Lipinski definition) is 2. The summed E-state index contributed by atoms with van der Waals surface area (Å²) in [7, 11) is 0. The predicted molar refractivity (Wildman–Crippen MR) is 111 cm³/mol. The summed E-state index contributed by atoms with van der Waals surface area (Å²) in [5.74, 6) is -0.0560. The van der Waals surface area contributed by atoms with Gasteiger partial charge >= 0.3 is 0 Å². The molecule has 1 aromatic carbocycles. The Hall–Kier alpha value is -2.70. The Morgan fingerprint density at radius 2 is 1.89 bits per heavy atom. The quantitative estimate of drug-likeness (QED) is 0.599. The molecule has 0 spiro atoms. The SMILES string of the molecule is O=C(CN[C@H](c1ccccc1)c1cccs1)c1c[nH]c(C(=O)N2CCCC2)c1. The van der Waals surface area contributed by atoms with Crippen LogP contribution >= 0.6 is 11.3 Å². The number of likely N-dealkylation sites (tertiary alicyclic amines) is 1. The van der Waals surface area contributed by atoms with Gasteiger partial charge in [-0.15, -0.1) is 11.3 Å². The number of hydrogen-bond acceptors (Lipinski definition) is 4. The summed E-state index contributed by atoms with van der Waals surface area (Å²) in [6.07, 6.45) is 3.73. The lowest BCUT2D eigenvalue weighted by molar-refractivity contribution is 0.0787. The number of aromatic amines is 1. The van der Waals surface area contributed by atoms with Crippen molar-refractivity contribution in [2.75, 3.05) is 19.6 Å². The molecule has 1 atom stereocenters. The van der Waals surface area contributed by atoms with Crippen LogP contribution < -0.4 is 5.32 Å². The van der Waals surface area contributed by atoms with Crippen molar-refractivity contribution in [3.63, 3.8) is 0 Å². The minimum Gasteiger partial charge on any atom is -0.356 e. The number of benzene rings is 1. The van der Waals surface area contributed by atoms with Crippen molar-refractivity contribution in [2.45, 2.75) is 18.9 Å². The molecule has 1 fully saturated rings. The van der Waals surface area contributed by atoms with Crippen LogP contribution in [0, 0.1) is 0 Å². The van der Waals surface area contributed by atoms with Crippen LogP contribution in [0.5, 0.6) is 0 Å². The number of amides is 1. The van der Waals surface area contributed by atoms with Gasteiger partial charge in [-0.25, -0.2) is 0 Å². The molecule has 0 aliphatic carbocycles. The maximum atomic E-state index is 12.7. The Morgan fingerprint density at radius 1 is 1.11 bits per heavy atom. The molecule has 0 saturated carbocycles. The smallest absolute Gasteiger partial charge is 0.270 e. The van der Waals surface area contributed by atoms with Gasteiger partial charge in [0.15, 0.2) is 5.78 Å². The lowest BCUT2D eigenvalue weighted by Crippen LogP contribution is -2.28. The second kappa shape index (κ2) is 8.54. The van der Waals surface area contributed by atoms with Crippen LogP contribution in [0.1, 0.15) is 50.2 Å². The molecule has 3 heterocycles. The number of Topliss-reactive ketones (excluding diaryl/α,β-unsaturated/α-hetero) is 1. The Labute approximate surface area is 168 Å². The zero-order valence-corrected chi connectivity index (χ0v) is 16.4. The summed E-state index contributed by atoms with van der Waals surface area (Å²) >= 11 is 1.67. The first-order valence-electron chi connectivity index (χ1n) is 9.55. The Bertz CT molecular complexity index is 928. The number of carbonyl (C=O) groups is 2. The van der Waals surface area contributed by atoms with E-state index < -0.39 is 0 Å². The molecule has 4 rings (SSSR count). The average molecular weight is 394 g/mol. The van der Waals surface area contributed by atoms with Gasteiger partial charge in [0, 0.05) is 29.7 Å². The fraction of sp³-hybridized carbons (Fsp3) is 0.273. The number of nitrogens with one attached hydrogen (secondary N) is 2. The molecule has 0 radical (unpaired) electrons. The van der Waals surface area contributed by atoms with Crippen molar-refractivity contribution < 1.29 is 9.59 Å². The van der Waals surface area contributed by atoms with Crippen LogP contribution in [-0.4, -0.2) is 41.2 Å². The molecular formula is C22H23N3O2S. The fourth-order valence-corrected chi connectivity index (χ4v) is 4.38. The summed E-state index contributed by atoms with van der Waals surface area (Å²) < 4.78 is 0. The lowest BCUT2D eigenvalue weighted by Gasteiger charge is -2.17. The van der Waals surface area contributed by atoms with Crippen molar-refractivity contribution in [1.29, 1.82) is 0 Å². The highest BCUT2D eigenvalue weighted by atomic mass is 32.1. The first-order valence-corrected chi connectivity index (χ1v) is 10.4. The predicted octanol–water partition coefficient (Wildman–Crippen LogP) is 3.87. The highest BCUT2D eigenvalue weighted by Gasteiger charge is 2.22. The van der Waals surface area contributed by atoms with E-state index in [2.05, 4.69) is 28.5 Å². The molecule has 144 valence electrons.